The van der Waals surface area contributed by atoms with Crippen LogP contribution in [0.15, 0.2) is 50.5 Å². The topological polar surface area (TPSA) is 111 Å². The summed E-state index contributed by atoms with van der Waals surface area (Å²) in [6.45, 7) is 0.107. The number of hydrogen-bond acceptors (Lipinski definition) is 6. The average Bonchev–Trinajstić information content (AvgIpc) is 3.10. The fourth-order valence-corrected chi connectivity index (χ4v) is 3.35. The normalized spacial score (nSPS) is 13.4. The van der Waals surface area contributed by atoms with Crippen molar-refractivity contribution >= 4 is 26.8 Å². The maximum atomic E-state index is 12.4. The van der Waals surface area contributed by atoms with Crippen LogP contribution in [0, 0.1) is 0 Å². The third-order valence-corrected chi connectivity index (χ3v) is 4.70. The Hall–Kier alpha value is -2.94. The molecule has 3 aromatic rings. The first kappa shape index (κ1) is 13.7. The van der Waals surface area contributed by atoms with E-state index in [1.807, 2.05) is 0 Å². The lowest BCUT2D eigenvalue weighted by atomic mass is 10.3. The van der Waals surface area contributed by atoms with Crippen molar-refractivity contribution in [1.82, 2.24) is 4.98 Å². The molecule has 0 bridgehead atoms. The van der Waals surface area contributed by atoms with E-state index < -0.39 is 15.8 Å². The quantitative estimate of drug-likeness (QED) is 0.753. The molecule has 0 radical (unpaired) electrons. The van der Waals surface area contributed by atoms with Crippen molar-refractivity contribution in [3.63, 3.8) is 0 Å². The van der Waals surface area contributed by atoms with Crippen LogP contribution in [0.5, 0.6) is 11.5 Å². The highest BCUT2D eigenvalue weighted by molar-refractivity contribution is 7.92. The molecule has 23 heavy (non-hydrogen) atoms. The second-order valence-electron chi connectivity index (χ2n) is 4.85. The summed E-state index contributed by atoms with van der Waals surface area (Å²) in [5.74, 6) is 0.392. The number of hydrogen-bond donors (Lipinski definition) is 2. The molecule has 1 aromatic heterocycles. The van der Waals surface area contributed by atoms with E-state index >= 15 is 0 Å². The van der Waals surface area contributed by atoms with Gasteiger partial charge in [0.05, 0.1) is 16.1 Å². The average molecular weight is 334 g/mol. The van der Waals surface area contributed by atoms with Gasteiger partial charge in [-0.3, -0.25) is 9.71 Å². The molecule has 0 aliphatic carbocycles. The van der Waals surface area contributed by atoms with Crippen LogP contribution in [-0.2, 0) is 10.0 Å². The Morgan fingerprint density at radius 1 is 1.04 bits per heavy atom. The zero-order chi connectivity index (χ0) is 16.0. The summed E-state index contributed by atoms with van der Waals surface area (Å²) in [6.07, 6.45) is 0. The van der Waals surface area contributed by atoms with Crippen LogP contribution < -0.4 is 20.0 Å². The van der Waals surface area contributed by atoms with E-state index in [9.17, 15) is 13.2 Å². The highest BCUT2D eigenvalue weighted by atomic mass is 32.2. The monoisotopic (exact) mass is 334 g/mol. The lowest BCUT2D eigenvalue weighted by molar-refractivity contribution is 0.174. The minimum Gasteiger partial charge on any atom is -0.454 e. The molecule has 0 fully saturated rings. The van der Waals surface area contributed by atoms with Crippen molar-refractivity contribution < 1.29 is 22.3 Å². The lowest BCUT2D eigenvalue weighted by Gasteiger charge is -2.08. The standard InChI is InChI=1S/C14H10N2O6S/c17-14-15-10-6-9(2-4-11(10)22-14)23(18,19)16-8-1-3-12-13(5-8)21-7-20-12/h1-6,16H,7H2,(H,15,17). The van der Waals surface area contributed by atoms with Crippen molar-refractivity contribution in [3.8, 4) is 11.5 Å². The molecule has 2 aromatic carbocycles. The molecule has 4 rings (SSSR count). The maximum absolute atomic E-state index is 12.4. The second kappa shape index (κ2) is 4.78. The van der Waals surface area contributed by atoms with Gasteiger partial charge < -0.3 is 13.9 Å². The Bertz CT molecular complexity index is 1070. The van der Waals surface area contributed by atoms with Gasteiger partial charge in [0.25, 0.3) is 10.0 Å². The van der Waals surface area contributed by atoms with Crippen LogP contribution in [-0.4, -0.2) is 20.2 Å². The predicted molar refractivity (Wildman–Crippen MR) is 80.2 cm³/mol. The fourth-order valence-electron chi connectivity index (χ4n) is 2.27. The molecule has 118 valence electrons. The van der Waals surface area contributed by atoms with Crippen molar-refractivity contribution in [2.75, 3.05) is 11.5 Å². The van der Waals surface area contributed by atoms with Crippen LogP contribution in [0.1, 0.15) is 0 Å². The van der Waals surface area contributed by atoms with E-state index in [2.05, 4.69) is 9.71 Å². The Morgan fingerprint density at radius 3 is 2.74 bits per heavy atom. The molecule has 1 aliphatic heterocycles. The molecule has 0 spiro atoms. The highest BCUT2D eigenvalue weighted by Gasteiger charge is 2.19. The number of ether oxygens (including phenoxy) is 2. The first-order valence-corrected chi connectivity index (χ1v) is 8.05. The van der Waals surface area contributed by atoms with Crippen molar-refractivity contribution in [1.29, 1.82) is 0 Å². The van der Waals surface area contributed by atoms with E-state index in [0.717, 1.165) is 0 Å². The number of rotatable bonds is 3. The van der Waals surface area contributed by atoms with Gasteiger partial charge in [-0.1, -0.05) is 0 Å². The lowest BCUT2D eigenvalue weighted by Crippen LogP contribution is -2.12. The number of anilines is 1. The van der Waals surface area contributed by atoms with E-state index in [1.165, 1.54) is 24.3 Å². The third-order valence-electron chi connectivity index (χ3n) is 3.33. The number of nitrogens with one attached hydrogen (secondary N) is 2. The van der Waals surface area contributed by atoms with Crippen LogP contribution >= 0.6 is 0 Å². The maximum Gasteiger partial charge on any atom is 0.417 e. The zero-order valence-electron chi connectivity index (χ0n) is 11.5. The smallest absolute Gasteiger partial charge is 0.417 e. The van der Waals surface area contributed by atoms with Crippen LogP contribution in [0.25, 0.3) is 11.1 Å². The van der Waals surface area contributed by atoms with E-state index in [-0.39, 0.29) is 17.3 Å². The molecule has 8 nitrogen and oxygen atoms in total. The van der Waals surface area contributed by atoms with E-state index in [0.29, 0.717) is 22.7 Å². The van der Waals surface area contributed by atoms with Gasteiger partial charge in [-0.25, -0.2) is 13.2 Å². The minimum absolute atomic E-state index is 0.000262. The van der Waals surface area contributed by atoms with Gasteiger partial charge in [0, 0.05) is 6.07 Å². The second-order valence-corrected chi connectivity index (χ2v) is 6.53. The molecule has 2 heterocycles. The number of oxazole rings is 1. The summed E-state index contributed by atoms with van der Waals surface area (Å²) in [5.41, 5.74) is 0.940. The van der Waals surface area contributed by atoms with Gasteiger partial charge in [-0.05, 0) is 30.3 Å². The summed E-state index contributed by atoms with van der Waals surface area (Å²) in [7, 11) is -3.82. The van der Waals surface area contributed by atoms with Crippen molar-refractivity contribution in [2.24, 2.45) is 0 Å². The number of H-pyrrole nitrogens is 1. The Kier molecular flexibility index (Phi) is 2.85. The molecule has 1 aliphatic rings. The summed E-state index contributed by atoms with van der Waals surface area (Å²) in [5, 5.41) is 0. The molecule has 0 amide bonds. The van der Waals surface area contributed by atoms with E-state index in [1.54, 1.807) is 12.1 Å². The summed E-state index contributed by atoms with van der Waals surface area (Å²) in [4.78, 5) is 13.6. The number of fused-ring (bicyclic) bond motifs is 2. The number of benzene rings is 2. The Morgan fingerprint density at radius 2 is 1.87 bits per heavy atom. The van der Waals surface area contributed by atoms with Gasteiger partial charge in [-0.2, -0.15) is 0 Å². The van der Waals surface area contributed by atoms with Crippen LogP contribution in [0.3, 0.4) is 0 Å². The zero-order valence-corrected chi connectivity index (χ0v) is 12.3. The minimum atomic E-state index is -3.82. The van der Waals surface area contributed by atoms with Gasteiger partial charge >= 0.3 is 5.76 Å². The SMILES string of the molecule is O=c1[nH]c2cc(S(=O)(=O)Nc3ccc4c(c3)OCO4)ccc2o1. The van der Waals surface area contributed by atoms with Gasteiger partial charge in [0.2, 0.25) is 6.79 Å². The highest BCUT2D eigenvalue weighted by Crippen LogP contribution is 2.34. The number of aromatic nitrogens is 1. The summed E-state index contributed by atoms with van der Waals surface area (Å²) >= 11 is 0. The molecule has 0 atom stereocenters. The van der Waals surface area contributed by atoms with Crippen LogP contribution in [0.2, 0.25) is 0 Å². The Balaban J connectivity index is 1.69. The first-order valence-electron chi connectivity index (χ1n) is 6.57. The molecule has 9 heteroatoms. The van der Waals surface area contributed by atoms with Crippen LogP contribution in [0.4, 0.5) is 5.69 Å². The molecule has 0 saturated carbocycles. The molecular formula is C14H10N2O6S. The third kappa shape index (κ3) is 2.40. The molecular weight excluding hydrogens is 324 g/mol. The molecule has 0 unspecified atom stereocenters. The van der Waals surface area contributed by atoms with E-state index in [4.69, 9.17) is 13.9 Å². The van der Waals surface area contributed by atoms with Crippen molar-refractivity contribution in [2.45, 2.75) is 4.90 Å². The van der Waals surface area contributed by atoms with Gasteiger partial charge in [0.15, 0.2) is 17.1 Å². The Labute approximate surface area is 129 Å². The molecule has 0 saturated heterocycles. The van der Waals surface area contributed by atoms with Crippen molar-refractivity contribution in [3.05, 3.63) is 46.9 Å². The predicted octanol–water partition coefficient (Wildman–Crippen LogP) is 1.65. The largest absolute Gasteiger partial charge is 0.454 e. The summed E-state index contributed by atoms with van der Waals surface area (Å²) in [6, 6.07) is 8.84. The fraction of sp³-hybridized carbons (Fsp3) is 0.0714. The van der Waals surface area contributed by atoms with Gasteiger partial charge in [-0.15, -0.1) is 0 Å². The summed E-state index contributed by atoms with van der Waals surface area (Å²) < 4.78 is 42.6. The first-order chi connectivity index (χ1) is 11.0. The van der Waals surface area contributed by atoms with Gasteiger partial charge in [0.1, 0.15) is 0 Å². The number of aromatic amines is 1. The number of sulfonamides is 1. The molecule has 2 N–H and O–H groups in total.